The maximum atomic E-state index is 14.5. The van der Waals surface area contributed by atoms with Crippen molar-refractivity contribution in [2.45, 2.75) is 347 Å². The summed E-state index contributed by atoms with van der Waals surface area (Å²) in [4.78, 5) is 55.7. The summed E-state index contributed by atoms with van der Waals surface area (Å²) >= 11 is 1.38. The van der Waals surface area contributed by atoms with E-state index in [1.807, 2.05) is 0 Å². The molecule has 17 heteroatoms. The average Bonchev–Trinajstić information content (AvgIpc) is 3.45. The molecule has 83 heavy (non-hydrogen) atoms. The summed E-state index contributed by atoms with van der Waals surface area (Å²) in [5.74, 6) is -3.02. The third kappa shape index (κ3) is 64.9. The van der Waals surface area contributed by atoms with Gasteiger partial charge in [0.15, 0.2) is 0 Å². The summed E-state index contributed by atoms with van der Waals surface area (Å²) in [6, 6.07) is -0.799. The largest absolute Gasteiger partial charge is 0.462 e. The normalized spacial score (nSPS) is 12.7. The quantitative estimate of drug-likeness (QED) is 0.0219. The van der Waals surface area contributed by atoms with E-state index in [-0.39, 0.29) is 76.0 Å². The predicted octanol–water partition coefficient (Wildman–Crippen LogP) is 18.1. The number of alkyl halides is 2. The van der Waals surface area contributed by atoms with Gasteiger partial charge < -0.3 is 39.8 Å². The number of unbranched alkanes of at least 4 members (excludes halogenated alkanes) is 42. The highest BCUT2D eigenvalue weighted by Crippen LogP contribution is 2.28. The number of thioether (sulfide) groups is 1. The first kappa shape index (κ1) is 81.6. The van der Waals surface area contributed by atoms with Gasteiger partial charge in [-0.15, -0.1) is 0 Å². The maximum Gasteiger partial charge on any atom is 0.400 e. The first-order valence-electron chi connectivity index (χ1n) is 34.6. The van der Waals surface area contributed by atoms with Crippen LogP contribution in [0.15, 0.2) is 0 Å². The van der Waals surface area contributed by atoms with Crippen LogP contribution in [0.2, 0.25) is 0 Å². The lowest BCUT2D eigenvalue weighted by atomic mass is 10.0. The van der Waals surface area contributed by atoms with E-state index in [0.29, 0.717) is 31.6 Å². The van der Waals surface area contributed by atoms with Gasteiger partial charge in [-0.3, -0.25) is 14.4 Å². The van der Waals surface area contributed by atoms with Gasteiger partial charge in [0.05, 0.1) is 32.5 Å². The van der Waals surface area contributed by atoms with Crippen molar-refractivity contribution < 1.29 is 56.5 Å². The highest BCUT2D eigenvalue weighted by molar-refractivity contribution is 7.99. The van der Waals surface area contributed by atoms with Crippen molar-refractivity contribution >= 4 is 37.4 Å². The summed E-state index contributed by atoms with van der Waals surface area (Å²) in [5.41, 5.74) is 6.18. The third-order valence-corrected chi connectivity index (χ3v) is 17.5. The molecule has 0 spiro atoms. The van der Waals surface area contributed by atoms with Crippen molar-refractivity contribution in [3.8, 4) is 0 Å². The lowest BCUT2D eigenvalue weighted by Gasteiger charge is -2.19. The zero-order chi connectivity index (χ0) is 60.8. The zero-order valence-corrected chi connectivity index (χ0v) is 55.2. The Morgan fingerprint density at radius 3 is 1.24 bits per heavy atom. The highest BCUT2D eigenvalue weighted by Gasteiger charge is 2.27. The SMILES string of the molecule is CCCCCCCCCCCC(=O)OC[C@H](CSC[C@H](N)C(=O)NCCOCCOCCC(F)(F)CCCCCCCCCCCCCCCCCCCCCCCCCCCCCNP(=O)(O)O)OC(=O)CCCCCCCCCCC. The number of hydrogen-bond acceptors (Lipinski definition) is 10. The van der Waals surface area contributed by atoms with Crippen LogP contribution < -0.4 is 16.1 Å². The van der Waals surface area contributed by atoms with E-state index >= 15 is 0 Å². The smallest absolute Gasteiger partial charge is 0.400 e. The number of carbonyl (C=O) groups is 3. The fourth-order valence-corrected chi connectivity index (χ4v) is 11.8. The van der Waals surface area contributed by atoms with Crippen molar-refractivity contribution in [1.29, 1.82) is 0 Å². The molecule has 0 aromatic heterocycles. The minimum atomic E-state index is -4.06. The fourth-order valence-electron chi connectivity index (χ4n) is 10.4. The standard InChI is InChI=1S/C66H130F2N3O10PS/c1-3-5-7-9-11-32-36-40-44-48-63(72)80-58-61(81-64(73)49-45-41-37-33-12-10-8-6-4-2)59-83-60-62(69)65(74)70-53-55-79-57-56-78-54-51-66(67,68)50-46-42-38-34-30-28-26-24-22-20-18-16-14-13-15-17-19-21-23-25-27-29-31-35-39-43-47-52-71-82(75,76)77/h61-62H,3-60,69H2,1-2H3,(H,70,74)(H3,71,75,76,77)/t61-,62+/m1/s1. The Balaban J connectivity index is 3.90. The Kier molecular flexibility index (Phi) is 61.2. The Hall–Kier alpha value is -1.39. The van der Waals surface area contributed by atoms with E-state index in [4.69, 9.17) is 34.5 Å². The number of esters is 2. The Morgan fingerprint density at radius 1 is 0.470 bits per heavy atom. The second kappa shape index (κ2) is 62.2. The molecule has 0 aromatic rings. The van der Waals surface area contributed by atoms with Gasteiger partial charge in [-0.05, 0) is 25.7 Å². The molecular weight excluding hydrogens is 1100 g/mol. The molecular formula is C66H130F2N3O10PS. The van der Waals surface area contributed by atoms with E-state index in [2.05, 4.69) is 24.3 Å². The van der Waals surface area contributed by atoms with Crippen molar-refractivity contribution in [2.24, 2.45) is 5.73 Å². The van der Waals surface area contributed by atoms with Gasteiger partial charge >= 0.3 is 19.7 Å². The molecule has 1 amide bonds. The number of hydrogen-bond donors (Lipinski definition) is 5. The van der Waals surface area contributed by atoms with Crippen LogP contribution >= 0.6 is 19.5 Å². The molecule has 2 atom stereocenters. The first-order chi connectivity index (χ1) is 40.3. The monoisotopic (exact) mass is 1230 g/mol. The van der Waals surface area contributed by atoms with Crippen LogP contribution in [-0.4, -0.2) is 103 Å². The second-order valence-electron chi connectivity index (χ2n) is 24.0. The number of nitrogens with one attached hydrogen (secondary N) is 2. The van der Waals surface area contributed by atoms with Crippen molar-refractivity contribution in [3.05, 3.63) is 0 Å². The molecule has 13 nitrogen and oxygen atoms in total. The summed E-state index contributed by atoms with van der Waals surface area (Å²) in [6.07, 6.45) is 53.5. The molecule has 0 saturated heterocycles. The van der Waals surface area contributed by atoms with Gasteiger partial charge in [-0.2, -0.15) is 11.8 Å². The third-order valence-electron chi connectivity index (χ3n) is 15.7. The first-order valence-corrected chi connectivity index (χ1v) is 37.4. The van der Waals surface area contributed by atoms with Crippen molar-refractivity contribution in [2.75, 3.05) is 57.6 Å². The van der Waals surface area contributed by atoms with Crippen LogP contribution in [0.4, 0.5) is 8.78 Å². The van der Waals surface area contributed by atoms with Crippen LogP contribution in [0.25, 0.3) is 0 Å². The number of amides is 1. The van der Waals surface area contributed by atoms with Crippen LogP contribution in [0, 0.1) is 0 Å². The highest BCUT2D eigenvalue weighted by atomic mass is 32.2. The molecule has 0 fully saturated rings. The number of carbonyl (C=O) groups excluding carboxylic acids is 3. The van der Waals surface area contributed by atoms with E-state index in [1.165, 1.54) is 217 Å². The molecule has 0 aliphatic heterocycles. The molecule has 0 saturated carbocycles. The summed E-state index contributed by atoms with van der Waals surface area (Å²) < 4.78 is 62.0. The lowest BCUT2D eigenvalue weighted by molar-refractivity contribution is -0.157. The number of ether oxygens (including phenoxy) is 4. The number of rotatable bonds is 68. The van der Waals surface area contributed by atoms with E-state index in [0.717, 1.165) is 77.0 Å². The molecule has 6 N–H and O–H groups in total. The molecule has 0 aliphatic rings. The van der Waals surface area contributed by atoms with Gasteiger partial charge in [0.2, 0.25) is 11.8 Å². The molecule has 0 radical (unpaired) electrons. The maximum absolute atomic E-state index is 14.5. The van der Waals surface area contributed by atoms with Crippen LogP contribution in [0.3, 0.4) is 0 Å². The Labute approximate surface area is 511 Å². The van der Waals surface area contributed by atoms with Gasteiger partial charge in [-0.25, -0.2) is 18.4 Å². The molecule has 0 rings (SSSR count). The van der Waals surface area contributed by atoms with E-state index in [9.17, 15) is 27.7 Å². The lowest BCUT2D eigenvalue weighted by Crippen LogP contribution is -2.43. The van der Waals surface area contributed by atoms with Gasteiger partial charge in [0.1, 0.15) is 12.7 Å². The molecule has 0 unspecified atom stereocenters. The summed E-state index contributed by atoms with van der Waals surface area (Å²) in [7, 11) is -4.06. The zero-order valence-electron chi connectivity index (χ0n) is 53.5. The minimum absolute atomic E-state index is 0.0224. The second-order valence-corrected chi connectivity index (χ2v) is 26.4. The fraction of sp³-hybridized carbons (Fsp3) is 0.955. The number of nitrogens with two attached hydrogens (primary N) is 1. The number of halogens is 2. The molecule has 0 aliphatic carbocycles. The topological polar surface area (TPSA) is 196 Å². The van der Waals surface area contributed by atoms with Crippen LogP contribution in [0.1, 0.15) is 328 Å². The molecule has 0 heterocycles. The van der Waals surface area contributed by atoms with E-state index < -0.39 is 25.8 Å². The molecule has 0 bridgehead atoms. The van der Waals surface area contributed by atoms with Crippen molar-refractivity contribution in [1.82, 2.24) is 10.4 Å². The van der Waals surface area contributed by atoms with Crippen molar-refractivity contribution in [3.63, 3.8) is 0 Å². The predicted molar refractivity (Wildman–Crippen MR) is 343 cm³/mol. The van der Waals surface area contributed by atoms with Crippen LogP contribution in [-0.2, 0) is 37.9 Å². The summed E-state index contributed by atoms with van der Waals surface area (Å²) in [5, 5.41) is 5.03. The molecule has 494 valence electrons. The Bertz CT molecular complexity index is 1470. The van der Waals surface area contributed by atoms with Gasteiger partial charge in [-0.1, -0.05) is 277 Å². The van der Waals surface area contributed by atoms with Crippen LogP contribution in [0.5, 0.6) is 0 Å². The van der Waals surface area contributed by atoms with Gasteiger partial charge in [0.25, 0.3) is 0 Å². The van der Waals surface area contributed by atoms with Gasteiger partial charge in [0, 0.05) is 50.3 Å². The van der Waals surface area contributed by atoms with E-state index in [1.54, 1.807) is 0 Å². The minimum Gasteiger partial charge on any atom is -0.462 e. The average molecular weight is 1230 g/mol. The Morgan fingerprint density at radius 2 is 0.831 bits per heavy atom. The molecule has 0 aromatic carbocycles. The summed E-state index contributed by atoms with van der Waals surface area (Å²) in [6.45, 7) is 5.69.